The normalized spacial score (nSPS) is 19.5. The van der Waals surface area contributed by atoms with Crippen LogP contribution in [0.25, 0.3) is 0 Å². The molecule has 1 heterocycles. The molecule has 1 aliphatic heterocycles. The molecule has 0 amide bonds. The third kappa shape index (κ3) is 2.52. The van der Waals surface area contributed by atoms with Gasteiger partial charge < -0.3 is 4.74 Å². The summed E-state index contributed by atoms with van der Waals surface area (Å²) in [5.74, 6) is 0.489. The molecule has 2 aromatic rings. The van der Waals surface area contributed by atoms with Crippen LogP contribution in [0.4, 0.5) is 18.9 Å². The molecule has 0 saturated heterocycles. The van der Waals surface area contributed by atoms with Gasteiger partial charge in [0.15, 0.2) is 0 Å². The Hall–Kier alpha value is -2.81. The predicted octanol–water partition coefficient (Wildman–Crippen LogP) is 4.33. The minimum atomic E-state index is -4.50. The van der Waals surface area contributed by atoms with Gasteiger partial charge in [-0.25, -0.2) is 0 Å². The zero-order valence-corrected chi connectivity index (χ0v) is 12.8. The van der Waals surface area contributed by atoms with Crippen molar-refractivity contribution in [3.05, 3.63) is 59.2 Å². The number of rotatable bonds is 2. The molecule has 0 bridgehead atoms. The van der Waals surface area contributed by atoms with E-state index in [4.69, 9.17) is 10.00 Å². The van der Waals surface area contributed by atoms with Gasteiger partial charge in [-0.15, -0.1) is 0 Å². The first kappa shape index (κ1) is 16.1. The Morgan fingerprint density at radius 3 is 2.46 bits per heavy atom. The average Bonchev–Trinajstić information content (AvgIpc) is 2.59. The lowest BCUT2D eigenvalue weighted by Gasteiger charge is -2.35. The highest BCUT2D eigenvalue weighted by atomic mass is 19.4. The molecule has 3 nitrogen and oxygen atoms in total. The maximum atomic E-state index is 13.9. The van der Waals surface area contributed by atoms with Crippen molar-refractivity contribution in [2.45, 2.75) is 18.0 Å². The number of alkyl halides is 3. The van der Waals surface area contributed by atoms with Crippen LogP contribution in [0.5, 0.6) is 5.75 Å². The Labute approximate surface area is 137 Å². The van der Waals surface area contributed by atoms with Gasteiger partial charge in [0, 0.05) is 6.21 Å². The third-order valence-electron chi connectivity index (χ3n) is 4.22. The summed E-state index contributed by atoms with van der Waals surface area (Å²) in [5.41, 5.74) is -0.850. The van der Waals surface area contributed by atoms with Gasteiger partial charge in [-0.2, -0.15) is 18.4 Å². The lowest BCUT2D eigenvalue weighted by atomic mass is 9.74. The molecule has 0 saturated carbocycles. The molecule has 0 aliphatic carbocycles. The summed E-state index contributed by atoms with van der Waals surface area (Å²) in [4.78, 5) is 4.01. The highest BCUT2D eigenvalue weighted by molar-refractivity contribution is 5.82. The molecule has 0 spiro atoms. The van der Waals surface area contributed by atoms with Gasteiger partial charge >= 0.3 is 6.18 Å². The van der Waals surface area contributed by atoms with Gasteiger partial charge in [-0.05, 0) is 41.8 Å². The van der Waals surface area contributed by atoms with Crippen molar-refractivity contribution in [1.82, 2.24) is 0 Å². The van der Waals surface area contributed by atoms with Gasteiger partial charge in [0.05, 0.1) is 24.4 Å². The SMILES string of the molecule is COc1ccc([C@@]2(C(F)(F)F)C=Nc3cc(C#N)ccc3C2)cc1. The predicted molar refractivity (Wildman–Crippen MR) is 83.7 cm³/mol. The number of aliphatic imine (C=N–C) groups is 1. The first-order chi connectivity index (χ1) is 11.4. The van der Waals surface area contributed by atoms with Gasteiger partial charge in [0.2, 0.25) is 0 Å². The molecule has 3 rings (SSSR count). The fourth-order valence-corrected chi connectivity index (χ4v) is 2.83. The zero-order chi connectivity index (χ0) is 17.4. The van der Waals surface area contributed by atoms with Crippen LogP contribution in [-0.2, 0) is 11.8 Å². The summed E-state index contributed by atoms with van der Waals surface area (Å²) in [6, 6.07) is 12.3. The molecule has 0 radical (unpaired) electrons. The summed E-state index contributed by atoms with van der Waals surface area (Å²) in [5, 5.41) is 8.90. The Balaban J connectivity index is 2.11. The molecule has 1 aliphatic rings. The van der Waals surface area contributed by atoms with E-state index in [0.717, 1.165) is 6.21 Å². The van der Waals surface area contributed by atoms with E-state index in [0.29, 0.717) is 22.6 Å². The molecule has 1 atom stereocenters. The largest absolute Gasteiger partial charge is 0.497 e. The third-order valence-corrected chi connectivity index (χ3v) is 4.22. The van der Waals surface area contributed by atoms with E-state index in [-0.39, 0.29) is 12.0 Å². The topological polar surface area (TPSA) is 45.4 Å². The molecule has 122 valence electrons. The molecule has 0 N–H and O–H groups in total. The van der Waals surface area contributed by atoms with Crippen molar-refractivity contribution in [1.29, 1.82) is 5.26 Å². The quantitative estimate of drug-likeness (QED) is 0.823. The molecule has 24 heavy (non-hydrogen) atoms. The molecular formula is C18H13F3N2O. The van der Waals surface area contributed by atoms with E-state index in [9.17, 15) is 13.2 Å². The van der Waals surface area contributed by atoms with Crippen molar-refractivity contribution >= 4 is 11.9 Å². The van der Waals surface area contributed by atoms with Crippen molar-refractivity contribution in [3.8, 4) is 11.8 Å². The number of nitrogens with zero attached hydrogens (tertiary/aromatic N) is 2. The lowest BCUT2D eigenvalue weighted by Crippen LogP contribution is -2.47. The molecular weight excluding hydrogens is 317 g/mol. The average molecular weight is 330 g/mol. The van der Waals surface area contributed by atoms with Crippen LogP contribution in [0.2, 0.25) is 0 Å². The summed E-state index contributed by atoms with van der Waals surface area (Å²) in [6.45, 7) is 0. The molecule has 6 heteroatoms. The van der Waals surface area contributed by atoms with Crippen LogP contribution in [-0.4, -0.2) is 19.5 Å². The maximum Gasteiger partial charge on any atom is 0.403 e. The van der Waals surface area contributed by atoms with Crippen LogP contribution in [0.15, 0.2) is 47.5 Å². The Kier molecular flexibility index (Phi) is 3.80. The number of ether oxygens (including phenoxy) is 1. The number of hydrogen-bond acceptors (Lipinski definition) is 3. The van der Waals surface area contributed by atoms with Crippen molar-refractivity contribution in [2.75, 3.05) is 7.11 Å². The highest BCUT2D eigenvalue weighted by Gasteiger charge is 2.56. The van der Waals surface area contributed by atoms with Crippen LogP contribution in [0.1, 0.15) is 16.7 Å². The number of methoxy groups -OCH3 is 1. The minimum Gasteiger partial charge on any atom is -0.497 e. The highest BCUT2D eigenvalue weighted by Crippen LogP contribution is 2.46. The number of benzene rings is 2. The first-order valence-electron chi connectivity index (χ1n) is 7.19. The smallest absolute Gasteiger partial charge is 0.403 e. The molecule has 0 aromatic heterocycles. The maximum absolute atomic E-state index is 13.9. The van der Waals surface area contributed by atoms with Crippen molar-refractivity contribution in [3.63, 3.8) is 0 Å². The summed E-state index contributed by atoms with van der Waals surface area (Å²) >= 11 is 0. The number of fused-ring (bicyclic) bond motifs is 1. The van der Waals surface area contributed by atoms with Crippen LogP contribution < -0.4 is 4.74 Å². The summed E-state index contributed by atoms with van der Waals surface area (Å²) in [6.07, 6.45) is -3.82. The molecule has 2 aromatic carbocycles. The van der Waals surface area contributed by atoms with Crippen molar-refractivity contribution in [2.24, 2.45) is 4.99 Å². The van der Waals surface area contributed by atoms with E-state index in [1.807, 2.05) is 6.07 Å². The standard InChI is InChI=1S/C18H13F3N2O/c1-24-15-6-4-14(5-7-15)17(18(19,20)21)9-13-3-2-12(10-22)8-16(13)23-11-17/h2-8,11H,9H2,1H3/t17-/m0/s1. The zero-order valence-electron chi connectivity index (χ0n) is 12.8. The number of nitriles is 1. The monoisotopic (exact) mass is 330 g/mol. The number of hydrogen-bond donors (Lipinski definition) is 0. The second-order valence-electron chi connectivity index (χ2n) is 5.59. The van der Waals surface area contributed by atoms with E-state index in [2.05, 4.69) is 4.99 Å². The van der Waals surface area contributed by atoms with Gasteiger partial charge in [0.1, 0.15) is 11.2 Å². The van der Waals surface area contributed by atoms with E-state index in [1.165, 1.54) is 49.6 Å². The fraction of sp³-hybridized carbons (Fsp3) is 0.222. The van der Waals surface area contributed by atoms with E-state index < -0.39 is 11.6 Å². The van der Waals surface area contributed by atoms with Gasteiger partial charge in [0.25, 0.3) is 0 Å². The lowest BCUT2D eigenvalue weighted by molar-refractivity contribution is -0.168. The summed E-state index contributed by atoms with van der Waals surface area (Å²) < 4.78 is 46.8. The Morgan fingerprint density at radius 1 is 1.17 bits per heavy atom. The summed E-state index contributed by atoms with van der Waals surface area (Å²) in [7, 11) is 1.46. The van der Waals surface area contributed by atoms with Crippen molar-refractivity contribution < 1.29 is 17.9 Å². The van der Waals surface area contributed by atoms with Crippen LogP contribution in [0.3, 0.4) is 0 Å². The van der Waals surface area contributed by atoms with Gasteiger partial charge in [-0.1, -0.05) is 18.2 Å². The van der Waals surface area contributed by atoms with Gasteiger partial charge in [-0.3, -0.25) is 4.99 Å². The van der Waals surface area contributed by atoms with E-state index in [1.54, 1.807) is 0 Å². The second-order valence-corrected chi connectivity index (χ2v) is 5.59. The fourth-order valence-electron chi connectivity index (χ4n) is 2.83. The van der Waals surface area contributed by atoms with E-state index >= 15 is 0 Å². The molecule has 0 unspecified atom stereocenters. The second kappa shape index (κ2) is 5.68. The molecule has 0 fully saturated rings. The Bertz CT molecular complexity index is 835. The Morgan fingerprint density at radius 2 is 1.88 bits per heavy atom. The van der Waals surface area contributed by atoms with Crippen LogP contribution in [0, 0.1) is 11.3 Å². The minimum absolute atomic E-state index is 0.106. The van der Waals surface area contributed by atoms with Crippen LogP contribution >= 0.6 is 0 Å². The number of halogens is 3. The first-order valence-corrected chi connectivity index (χ1v) is 7.19.